The van der Waals surface area contributed by atoms with Gasteiger partial charge in [-0.15, -0.1) is 0 Å². The van der Waals surface area contributed by atoms with Gasteiger partial charge >= 0.3 is 0 Å². The Morgan fingerprint density at radius 2 is 1.74 bits per heavy atom. The molecule has 1 aliphatic rings. The molecule has 0 bridgehead atoms. The maximum Gasteiger partial charge on any atom is 0.0588 e. The molecule has 1 aromatic rings. The van der Waals surface area contributed by atoms with Gasteiger partial charge in [-0.1, -0.05) is 23.2 Å². The highest BCUT2D eigenvalue weighted by Gasteiger charge is 2.18. The molecule has 1 heterocycles. The molecule has 1 saturated heterocycles. The Kier molecular flexibility index (Phi) is 5.45. The smallest absolute Gasteiger partial charge is 0.0588 e. The number of benzene rings is 1. The molecule has 0 spiro atoms. The van der Waals surface area contributed by atoms with E-state index in [2.05, 4.69) is 22.4 Å². The van der Waals surface area contributed by atoms with Crippen molar-refractivity contribution < 1.29 is 0 Å². The number of piperazine rings is 1. The van der Waals surface area contributed by atoms with Gasteiger partial charge < -0.3 is 10.6 Å². The van der Waals surface area contributed by atoms with Gasteiger partial charge in [0.2, 0.25) is 0 Å². The summed E-state index contributed by atoms with van der Waals surface area (Å²) < 4.78 is 0. The van der Waals surface area contributed by atoms with Gasteiger partial charge in [-0.05, 0) is 30.8 Å². The molecule has 6 heteroatoms. The van der Waals surface area contributed by atoms with Crippen LogP contribution in [0.5, 0.6) is 0 Å². The summed E-state index contributed by atoms with van der Waals surface area (Å²) >= 11 is 12.1. The topological polar surface area (TPSA) is 44.5 Å². The van der Waals surface area contributed by atoms with E-state index in [4.69, 9.17) is 28.9 Å². The van der Waals surface area contributed by atoms with E-state index < -0.39 is 0 Å². The molecule has 1 fully saturated rings. The number of nitrogens with zero attached hydrogens (tertiary/aromatic N) is 2. The molecular formula is C13H20Cl2N4. The molecule has 19 heavy (non-hydrogen) atoms. The summed E-state index contributed by atoms with van der Waals surface area (Å²) in [6.07, 6.45) is 0. The minimum Gasteiger partial charge on any atom is -0.329 e. The van der Waals surface area contributed by atoms with Gasteiger partial charge in [0.15, 0.2) is 0 Å². The normalized spacial score (nSPS) is 19.6. The Bertz CT molecular complexity index is 399. The van der Waals surface area contributed by atoms with Crippen LogP contribution >= 0.6 is 23.2 Å². The standard InChI is InChI=1S/C13H20Cl2N4/c1-18-2-4-19(5-3-18)17-13(9-16)10-6-11(14)8-12(15)7-10/h6-8,13,17H,2-5,9,16H2,1H3. The number of halogens is 2. The molecule has 1 unspecified atom stereocenters. The molecule has 0 radical (unpaired) electrons. The fourth-order valence-electron chi connectivity index (χ4n) is 2.20. The summed E-state index contributed by atoms with van der Waals surface area (Å²) in [6.45, 7) is 4.59. The van der Waals surface area contributed by atoms with Gasteiger partial charge in [0, 0.05) is 42.8 Å². The lowest BCUT2D eigenvalue weighted by atomic mass is 10.1. The predicted molar refractivity (Wildman–Crippen MR) is 80.5 cm³/mol. The molecule has 4 nitrogen and oxygen atoms in total. The second-order valence-corrected chi connectivity index (χ2v) is 5.78. The zero-order chi connectivity index (χ0) is 13.8. The maximum absolute atomic E-state index is 6.04. The molecule has 0 aromatic heterocycles. The number of rotatable bonds is 4. The molecule has 2 rings (SSSR count). The van der Waals surface area contributed by atoms with Crippen molar-refractivity contribution in [2.24, 2.45) is 5.73 Å². The number of nitrogens with one attached hydrogen (secondary N) is 1. The van der Waals surface area contributed by atoms with E-state index in [1.165, 1.54) is 0 Å². The largest absolute Gasteiger partial charge is 0.329 e. The lowest BCUT2D eigenvalue weighted by molar-refractivity contribution is 0.0880. The highest BCUT2D eigenvalue weighted by atomic mass is 35.5. The van der Waals surface area contributed by atoms with E-state index in [1.807, 2.05) is 12.1 Å². The summed E-state index contributed by atoms with van der Waals surface area (Å²) in [5.74, 6) is 0. The fraction of sp³-hybridized carbons (Fsp3) is 0.538. The van der Waals surface area contributed by atoms with Gasteiger partial charge in [-0.25, -0.2) is 10.4 Å². The Morgan fingerprint density at radius 1 is 1.16 bits per heavy atom. The number of hydrogen-bond acceptors (Lipinski definition) is 4. The molecule has 0 aliphatic carbocycles. The van der Waals surface area contributed by atoms with Crippen molar-refractivity contribution in [1.82, 2.24) is 15.3 Å². The van der Waals surface area contributed by atoms with Gasteiger partial charge in [0.1, 0.15) is 0 Å². The minimum absolute atomic E-state index is 0.0413. The third-order valence-electron chi connectivity index (χ3n) is 3.36. The first-order chi connectivity index (χ1) is 9.08. The van der Waals surface area contributed by atoms with Gasteiger partial charge in [0.25, 0.3) is 0 Å². The van der Waals surface area contributed by atoms with Crippen LogP contribution in [0.3, 0.4) is 0 Å². The van der Waals surface area contributed by atoms with Crippen LogP contribution < -0.4 is 11.2 Å². The van der Waals surface area contributed by atoms with Crippen LogP contribution in [0.25, 0.3) is 0 Å². The summed E-state index contributed by atoms with van der Waals surface area (Å²) in [5, 5.41) is 3.49. The maximum atomic E-state index is 6.04. The summed E-state index contributed by atoms with van der Waals surface area (Å²) in [5.41, 5.74) is 10.4. The molecule has 3 N–H and O–H groups in total. The van der Waals surface area contributed by atoms with Gasteiger partial charge in [-0.2, -0.15) is 0 Å². The molecule has 0 amide bonds. The second-order valence-electron chi connectivity index (χ2n) is 4.91. The first-order valence-corrected chi connectivity index (χ1v) is 7.20. The van der Waals surface area contributed by atoms with E-state index in [0.717, 1.165) is 31.7 Å². The quantitative estimate of drug-likeness (QED) is 0.889. The van der Waals surface area contributed by atoms with Crippen molar-refractivity contribution in [3.05, 3.63) is 33.8 Å². The third-order valence-corrected chi connectivity index (χ3v) is 3.80. The van der Waals surface area contributed by atoms with Crippen molar-refractivity contribution in [2.75, 3.05) is 39.8 Å². The minimum atomic E-state index is 0.0413. The monoisotopic (exact) mass is 302 g/mol. The average Bonchev–Trinajstić information content (AvgIpc) is 2.37. The highest BCUT2D eigenvalue weighted by molar-refractivity contribution is 6.34. The summed E-state index contributed by atoms with van der Waals surface area (Å²) in [7, 11) is 2.13. The number of likely N-dealkylation sites (N-methyl/N-ethyl adjacent to an activating group) is 1. The molecule has 1 aromatic carbocycles. The molecular weight excluding hydrogens is 283 g/mol. The third kappa shape index (κ3) is 4.31. The van der Waals surface area contributed by atoms with Crippen molar-refractivity contribution in [3.63, 3.8) is 0 Å². The number of hydrogen-bond donors (Lipinski definition) is 2. The number of hydrazine groups is 1. The van der Waals surface area contributed by atoms with E-state index in [1.54, 1.807) is 6.07 Å². The fourth-order valence-corrected chi connectivity index (χ4v) is 2.74. The van der Waals surface area contributed by atoms with Crippen LogP contribution in [0.1, 0.15) is 11.6 Å². The predicted octanol–water partition coefficient (Wildman–Crippen LogP) is 1.75. The van der Waals surface area contributed by atoms with Crippen LogP contribution in [0.4, 0.5) is 0 Å². The summed E-state index contributed by atoms with van der Waals surface area (Å²) in [6, 6.07) is 5.59. The summed E-state index contributed by atoms with van der Waals surface area (Å²) in [4.78, 5) is 2.31. The van der Waals surface area contributed by atoms with Crippen molar-refractivity contribution in [3.8, 4) is 0 Å². The average molecular weight is 303 g/mol. The second kappa shape index (κ2) is 6.88. The highest BCUT2D eigenvalue weighted by Crippen LogP contribution is 2.23. The zero-order valence-corrected chi connectivity index (χ0v) is 12.6. The Morgan fingerprint density at radius 3 is 2.26 bits per heavy atom. The van der Waals surface area contributed by atoms with Crippen LogP contribution in [0, 0.1) is 0 Å². The zero-order valence-electron chi connectivity index (χ0n) is 11.1. The Hall–Kier alpha value is -0.360. The SMILES string of the molecule is CN1CCN(NC(CN)c2cc(Cl)cc(Cl)c2)CC1. The van der Waals surface area contributed by atoms with E-state index >= 15 is 0 Å². The lowest BCUT2D eigenvalue weighted by Gasteiger charge is -2.35. The van der Waals surface area contributed by atoms with E-state index in [9.17, 15) is 0 Å². The van der Waals surface area contributed by atoms with Crippen LogP contribution in [0.15, 0.2) is 18.2 Å². The number of nitrogens with two attached hydrogens (primary N) is 1. The van der Waals surface area contributed by atoms with Crippen molar-refractivity contribution >= 4 is 23.2 Å². The molecule has 1 aliphatic heterocycles. The van der Waals surface area contributed by atoms with Crippen LogP contribution in [0.2, 0.25) is 10.0 Å². The molecule has 106 valence electrons. The Balaban J connectivity index is 2.03. The van der Waals surface area contributed by atoms with Crippen molar-refractivity contribution in [2.45, 2.75) is 6.04 Å². The molecule has 1 atom stereocenters. The van der Waals surface area contributed by atoms with E-state index in [-0.39, 0.29) is 6.04 Å². The molecule has 0 saturated carbocycles. The van der Waals surface area contributed by atoms with Crippen LogP contribution in [-0.2, 0) is 0 Å². The lowest BCUT2D eigenvalue weighted by Crippen LogP contribution is -2.52. The van der Waals surface area contributed by atoms with Crippen molar-refractivity contribution in [1.29, 1.82) is 0 Å². The first-order valence-electron chi connectivity index (χ1n) is 6.44. The Labute approximate surface area is 124 Å². The van der Waals surface area contributed by atoms with E-state index in [0.29, 0.717) is 16.6 Å². The van der Waals surface area contributed by atoms with Gasteiger partial charge in [-0.3, -0.25) is 0 Å². The van der Waals surface area contributed by atoms with Gasteiger partial charge in [0.05, 0.1) is 6.04 Å². The first kappa shape index (κ1) is 15.0. The van der Waals surface area contributed by atoms with Crippen LogP contribution in [-0.4, -0.2) is 49.7 Å².